The molecule has 0 fully saturated rings. The summed E-state index contributed by atoms with van der Waals surface area (Å²) in [6, 6.07) is 2.12. The van der Waals surface area contributed by atoms with E-state index in [0.29, 0.717) is 6.42 Å². The Hall–Kier alpha value is -0.550. The summed E-state index contributed by atoms with van der Waals surface area (Å²) < 4.78 is 5.20. The average Bonchev–Trinajstić information content (AvgIpc) is 1.89. The fraction of sp³-hybridized carbons (Fsp3) is 0.875. The molecule has 2 heteroatoms. The van der Waals surface area contributed by atoms with Gasteiger partial charge in [-0.25, -0.2) is 0 Å². The predicted molar refractivity (Wildman–Crippen MR) is 40.6 cm³/mol. The zero-order valence-corrected chi connectivity index (χ0v) is 6.98. The Labute approximate surface area is 62.8 Å². The van der Waals surface area contributed by atoms with Crippen LogP contribution >= 0.6 is 0 Å². The first-order valence-electron chi connectivity index (χ1n) is 3.60. The van der Waals surface area contributed by atoms with Crippen molar-refractivity contribution in [3.63, 3.8) is 0 Å². The van der Waals surface area contributed by atoms with E-state index in [0.717, 1.165) is 12.8 Å². The summed E-state index contributed by atoms with van der Waals surface area (Å²) in [6.45, 7) is 4.06. The lowest BCUT2D eigenvalue weighted by Crippen LogP contribution is -2.25. The Bertz CT molecular complexity index is 128. The van der Waals surface area contributed by atoms with Gasteiger partial charge in [0.2, 0.25) is 0 Å². The molecule has 0 aliphatic rings. The number of nitrogens with zero attached hydrogens (tertiary/aromatic N) is 1. The van der Waals surface area contributed by atoms with Gasteiger partial charge in [-0.3, -0.25) is 0 Å². The molecule has 0 heterocycles. The molecular formula is C8H15NO. The molecule has 10 heavy (non-hydrogen) atoms. The zero-order valence-electron chi connectivity index (χ0n) is 6.98. The minimum atomic E-state index is -0.219. The maximum Gasteiger partial charge on any atom is 0.0780 e. The van der Waals surface area contributed by atoms with Crippen molar-refractivity contribution in [3.8, 4) is 6.07 Å². The van der Waals surface area contributed by atoms with Gasteiger partial charge in [0, 0.05) is 7.11 Å². The standard InChI is InChI=1S/C8H15NO/c1-4-5-8(2,10-3)6-7-9/h4-6H2,1-3H3. The molecule has 0 aliphatic heterocycles. The smallest absolute Gasteiger partial charge is 0.0780 e. The van der Waals surface area contributed by atoms with Crippen LogP contribution in [0.3, 0.4) is 0 Å². The van der Waals surface area contributed by atoms with Crippen LogP contribution in [0.5, 0.6) is 0 Å². The van der Waals surface area contributed by atoms with E-state index in [4.69, 9.17) is 10.00 Å². The molecule has 1 atom stereocenters. The van der Waals surface area contributed by atoms with Gasteiger partial charge < -0.3 is 4.74 Å². The Kier molecular flexibility index (Phi) is 4.06. The van der Waals surface area contributed by atoms with E-state index in [1.807, 2.05) is 6.92 Å². The van der Waals surface area contributed by atoms with Gasteiger partial charge in [0.15, 0.2) is 0 Å². The fourth-order valence-electron chi connectivity index (χ4n) is 0.959. The Morgan fingerprint density at radius 3 is 2.50 bits per heavy atom. The number of ether oxygens (including phenoxy) is 1. The van der Waals surface area contributed by atoms with E-state index in [-0.39, 0.29) is 5.60 Å². The van der Waals surface area contributed by atoms with Crippen LogP contribution in [0, 0.1) is 11.3 Å². The third kappa shape index (κ3) is 2.84. The first-order chi connectivity index (χ1) is 4.68. The summed E-state index contributed by atoms with van der Waals surface area (Å²) in [7, 11) is 1.66. The fourth-order valence-corrected chi connectivity index (χ4v) is 0.959. The van der Waals surface area contributed by atoms with Crippen LogP contribution in [0.2, 0.25) is 0 Å². The predicted octanol–water partition coefficient (Wildman–Crippen LogP) is 2.11. The lowest BCUT2D eigenvalue weighted by atomic mass is 9.97. The molecule has 58 valence electrons. The van der Waals surface area contributed by atoms with Gasteiger partial charge in [0.05, 0.1) is 18.1 Å². The Morgan fingerprint density at radius 1 is 1.60 bits per heavy atom. The van der Waals surface area contributed by atoms with Crippen molar-refractivity contribution in [2.75, 3.05) is 7.11 Å². The number of hydrogen-bond acceptors (Lipinski definition) is 2. The van der Waals surface area contributed by atoms with Gasteiger partial charge in [-0.05, 0) is 13.3 Å². The maximum absolute atomic E-state index is 8.43. The van der Waals surface area contributed by atoms with Gasteiger partial charge in [-0.2, -0.15) is 5.26 Å². The second-order valence-electron chi connectivity index (χ2n) is 2.74. The molecule has 0 aromatic heterocycles. The van der Waals surface area contributed by atoms with Crippen molar-refractivity contribution in [3.05, 3.63) is 0 Å². The van der Waals surface area contributed by atoms with E-state index < -0.39 is 0 Å². The Balaban J connectivity index is 3.84. The first kappa shape index (κ1) is 9.45. The molecule has 0 saturated heterocycles. The van der Waals surface area contributed by atoms with Gasteiger partial charge in [-0.15, -0.1) is 0 Å². The summed E-state index contributed by atoms with van der Waals surface area (Å²) >= 11 is 0. The van der Waals surface area contributed by atoms with Crippen molar-refractivity contribution in [1.82, 2.24) is 0 Å². The summed E-state index contributed by atoms with van der Waals surface area (Å²) in [5, 5.41) is 8.43. The highest BCUT2D eigenvalue weighted by molar-refractivity contribution is 4.86. The molecule has 0 radical (unpaired) electrons. The topological polar surface area (TPSA) is 33.0 Å². The average molecular weight is 141 g/mol. The first-order valence-corrected chi connectivity index (χ1v) is 3.60. The third-order valence-corrected chi connectivity index (χ3v) is 1.72. The number of nitriles is 1. The minimum absolute atomic E-state index is 0.219. The highest BCUT2D eigenvalue weighted by Crippen LogP contribution is 2.19. The van der Waals surface area contributed by atoms with Crippen molar-refractivity contribution in [1.29, 1.82) is 5.26 Å². The van der Waals surface area contributed by atoms with Crippen molar-refractivity contribution < 1.29 is 4.74 Å². The van der Waals surface area contributed by atoms with Crippen molar-refractivity contribution in [2.24, 2.45) is 0 Å². The van der Waals surface area contributed by atoms with Crippen LogP contribution in [0.15, 0.2) is 0 Å². The van der Waals surface area contributed by atoms with Crippen molar-refractivity contribution >= 4 is 0 Å². The van der Waals surface area contributed by atoms with Crippen LogP contribution in [-0.4, -0.2) is 12.7 Å². The SMILES string of the molecule is CCCC(C)(CC#N)OC. The summed E-state index contributed by atoms with van der Waals surface area (Å²) in [5.74, 6) is 0. The van der Waals surface area contributed by atoms with E-state index in [2.05, 4.69) is 13.0 Å². The lowest BCUT2D eigenvalue weighted by Gasteiger charge is -2.24. The summed E-state index contributed by atoms with van der Waals surface area (Å²) in [5.41, 5.74) is -0.219. The van der Waals surface area contributed by atoms with Crippen LogP contribution in [0.4, 0.5) is 0 Å². The normalized spacial score (nSPS) is 15.8. The van der Waals surface area contributed by atoms with Gasteiger partial charge >= 0.3 is 0 Å². The molecule has 0 saturated carbocycles. The maximum atomic E-state index is 8.43. The highest BCUT2D eigenvalue weighted by atomic mass is 16.5. The van der Waals surface area contributed by atoms with Crippen LogP contribution < -0.4 is 0 Å². The molecule has 0 aliphatic carbocycles. The summed E-state index contributed by atoms with van der Waals surface area (Å²) in [4.78, 5) is 0. The van der Waals surface area contributed by atoms with Gasteiger partial charge in [0.1, 0.15) is 0 Å². The van der Waals surface area contributed by atoms with E-state index in [1.165, 1.54) is 0 Å². The molecule has 1 unspecified atom stereocenters. The molecule has 0 amide bonds. The molecule has 2 nitrogen and oxygen atoms in total. The molecule has 0 aromatic carbocycles. The van der Waals surface area contributed by atoms with E-state index in [9.17, 15) is 0 Å². The molecule has 0 N–H and O–H groups in total. The van der Waals surface area contributed by atoms with Crippen LogP contribution in [-0.2, 0) is 4.74 Å². The van der Waals surface area contributed by atoms with Crippen LogP contribution in [0.25, 0.3) is 0 Å². The zero-order chi connectivity index (χ0) is 8.04. The monoisotopic (exact) mass is 141 g/mol. The number of hydrogen-bond donors (Lipinski definition) is 0. The second kappa shape index (κ2) is 4.29. The largest absolute Gasteiger partial charge is 0.377 e. The molecule has 0 rings (SSSR count). The molecule has 0 aromatic rings. The second-order valence-corrected chi connectivity index (χ2v) is 2.74. The molecule has 0 bridgehead atoms. The van der Waals surface area contributed by atoms with E-state index >= 15 is 0 Å². The molecular weight excluding hydrogens is 126 g/mol. The van der Waals surface area contributed by atoms with E-state index in [1.54, 1.807) is 7.11 Å². The summed E-state index contributed by atoms with van der Waals surface area (Å²) in [6.07, 6.45) is 2.50. The van der Waals surface area contributed by atoms with Crippen LogP contribution in [0.1, 0.15) is 33.1 Å². The lowest BCUT2D eigenvalue weighted by molar-refractivity contribution is 0.00239. The molecule has 0 spiro atoms. The van der Waals surface area contributed by atoms with Gasteiger partial charge in [-0.1, -0.05) is 13.3 Å². The van der Waals surface area contributed by atoms with Gasteiger partial charge in [0.25, 0.3) is 0 Å². The van der Waals surface area contributed by atoms with Crippen molar-refractivity contribution in [2.45, 2.75) is 38.7 Å². The Morgan fingerprint density at radius 2 is 2.20 bits per heavy atom. The third-order valence-electron chi connectivity index (χ3n) is 1.72. The number of rotatable bonds is 4. The number of methoxy groups -OCH3 is 1. The quantitative estimate of drug-likeness (QED) is 0.600. The minimum Gasteiger partial charge on any atom is -0.377 e. The highest BCUT2D eigenvalue weighted by Gasteiger charge is 2.21.